The number of rotatable bonds is 10. The fraction of sp³-hybridized carbons (Fsp3) is 0.269. The van der Waals surface area contributed by atoms with Crippen LogP contribution in [0.2, 0.25) is 5.02 Å². The van der Waals surface area contributed by atoms with Gasteiger partial charge in [-0.3, -0.25) is 14.4 Å². The molecule has 2 atom stereocenters. The van der Waals surface area contributed by atoms with Gasteiger partial charge in [0.2, 0.25) is 16.0 Å². The summed E-state index contributed by atoms with van der Waals surface area (Å²) >= 11 is 5.91. The Morgan fingerprint density at radius 1 is 1.02 bits per heavy atom. The number of benzene rings is 2. The summed E-state index contributed by atoms with van der Waals surface area (Å²) in [6, 6.07) is 11.0. The Kier molecular flexibility index (Phi) is 7.80. The Bertz CT molecular complexity index is 1780. The fourth-order valence-electron chi connectivity index (χ4n) is 4.42. The highest BCUT2D eigenvalue weighted by molar-refractivity contribution is 7.93. The SMILES string of the molecule is COc1cccc(OC)c1-n1c(NS(=O)(=O)[C@@H](C)[C@H](OC)c2ncc(Cl)cn2)nnc1-c1n[nH]c2ccc(C)cc12. The average Bonchev–Trinajstić information content (AvgIpc) is 3.56. The van der Waals surface area contributed by atoms with E-state index in [1.807, 2.05) is 25.1 Å². The van der Waals surface area contributed by atoms with Crippen molar-refractivity contribution in [3.05, 3.63) is 65.2 Å². The van der Waals surface area contributed by atoms with Crippen LogP contribution in [0.4, 0.5) is 5.95 Å². The van der Waals surface area contributed by atoms with Gasteiger partial charge < -0.3 is 14.2 Å². The minimum absolute atomic E-state index is 0.120. The van der Waals surface area contributed by atoms with Crippen LogP contribution in [0.5, 0.6) is 11.5 Å². The minimum Gasteiger partial charge on any atom is -0.494 e. The molecule has 2 aromatic carbocycles. The third kappa shape index (κ3) is 5.28. The second kappa shape index (κ2) is 11.3. The number of halogens is 1. The lowest BCUT2D eigenvalue weighted by Gasteiger charge is -2.22. The summed E-state index contributed by atoms with van der Waals surface area (Å²) in [5, 5.41) is 16.0. The number of ether oxygens (including phenoxy) is 3. The first kappa shape index (κ1) is 28.3. The maximum absolute atomic E-state index is 13.7. The van der Waals surface area contributed by atoms with Gasteiger partial charge in [-0.25, -0.2) is 18.4 Å². The molecule has 0 spiro atoms. The number of anilines is 1. The number of aromatic amines is 1. The number of nitrogens with zero attached hydrogens (tertiary/aromatic N) is 6. The summed E-state index contributed by atoms with van der Waals surface area (Å²) in [7, 11) is 0.190. The number of hydrogen-bond donors (Lipinski definition) is 2. The van der Waals surface area contributed by atoms with Crippen LogP contribution in [-0.4, -0.2) is 69.9 Å². The van der Waals surface area contributed by atoms with Crippen molar-refractivity contribution in [3.63, 3.8) is 0 Å². The molecule has 0 bridgehead atoms. The van der Waals surface area contributed by atoms with Crippen LogP contribution in [0.3, 0.4) is 0 Å². The molecule has 0 radical (unpaired) electrons. The van der Waals surface area contributed by atoms with Gasteiger partial charge in [0.15, 0.2) is 11.6 Å². The predicted octanol–water partition coefficient (Wildman–Crippen LogP) is 4.10. The maximum Gasteiger partial charge on any atom is 0.243 e. The molecule has 3 heterocycles. The number of nitrogens with one attached hydrogen (secondary N) is 2. The molecular weight excluding hydrogens is 572 g/mol. The first-order valence-corrected chi connectivity index (χ1v) is 14.2. The van der Waals surface area contributed by atoms with Gasteiger partial charge in [-0.2, -0.15) is 5.10 Å². The van der Waals surface area contributed by atoms with Gasteiger partial charge in [0.1, 0.15) is 34.2 Å². The Morgan fingerprint density at radius 2 is 1.71 bits per heavy atom. The largest absolute Gasteiger partial charge is 0.494 e. The van der Waals surface area contributed by atoms with E-state index in [-0.39, 0.29) is 17.6 Å². The Morgan fingerprint density at radius 3 is 2.34 bits per heavy atom. The lowest BCUT2D eigenvalue weighted by Crippen LogP contribution is -2.33. The molecule has 0 fully saturated rings. The van der Waals surface area contributed by atoms with Gasteiger partial charge in [0.25, 0.3) is 0 Å². The second-order valence-electron chi connectivity index (χ2n) is 9.08. The van der Waals surface area contributed by atoms with Crippen molar-refractivity contribution in [2.45, 2.75) is 25.2 Å². The van der Waals surface area contributed by atoms with Crippen molar-refractivity contribution in [2.24, 2.45) is 0 Å². The Labute approximate surface area is 240 Å². The van der Waals surface area contributed by atoms with E-state index in [1.165, 1.54) is 45.2 Å². The van der Waals surface area contributed by atoms with Crippen LogP contribution in [0, 0.1) is 6.92 Å². The summed E-state index contributed by atoms with van der Waals surface area (Å²) in [5.41, 5.74) is 2.60. The molecule has 214 valence electrons. The zero-order chi connectivity index (χ0) is 29.3. The molecule has 0 saturated heterocycles. The standard InChI is InChI=1S/C26H27ClN8O5S/c1-14-9-10-18-17(11-14)21(31-30-18)25-32-33-26(35(25)22-19(38-3)7-6-8-20(22)39-4)34-41(36,37)15(2)23(40-5)24-28-12-16(27)13-29-24/h6-13,15,23H,1-5H3,(H,30,31)(H,33,34)/t15-,23-/m0/s1. The van der Waals surface area contributed by atoms with Crippen molar-refractivity contribution in [1.82, 2.24) is 34.9 Å². The molecule has 0 aliphatic carbocycles. The smallest absolute Gasteiger partial charge is 0.243 e. The third-order valence-electron chi connectivity index (χ3n) is 6.52. The van der Waals surface area contributed by atoms with Gasteiger partial charge in [-0.05, 0) is 38.1 Å². The summed E-state index contributed by atoms with van der Waals surface area (Å²) in [6.45, 7) is 3.44. The van der Waals surface area contributed by atoms with E-state index < -0.39 is 21.4 Å². The fourth-order valence-corrected chi connectivity index (χ4v) is 5.65. The number of aromatic nitrogens is 7. The summed E-state index contributed by atoms with van der Waals surface area (Å²) in [5.74, 6) is 1.06. The highest BCUT2D eigenvalue weighted by atomic mass is 35.5. The van der Waals surface area contributed by atoms with Crippen molar-refractivity contribution in [3.8, 4) is 28.7 Å². The van der Waals surface area contributed by atoms with E-state index in [1.54, 1.807) is 18.2 Å². The Hall–Kier alpha value is -4.27. The lowest BCUT2D eigenvalue weighted by atomic mass is 10.1. The topological polar surface area (TPSA) is 159 Å². The third-order valence-corrected chi connectivity index (χ3v) is 8.41. The molecule has 41 heavy (non-hydrogen) atoms. The van der Waals surface area contributed by atoms with E-state index in [9.17, 15) is 8.42 Å². The summed E-state index contributed by atoms with van der Waals surface area (Å²) in [4.78, 5) is 8.27. The number of hydrogen-bond acceptors (Lipinski definition) is 10. The highest BCUT2D eigenvalue weighted by Gasteiger charge is 2.35. The number of fused-ring (bicyclic) bond motifs is 1. The van der Waals surface area contributed by atoms with Gasteiger partial charge in [0.05, 0.1) is 24.8 Å². The molecule has 13 nitrogen and oxygen atoms in total. The summed E-state index contributed by atoms with van der Waals surface area (Å²) in [6.07, 6.45) is 1.73. The molecule has 0 aliphatic heterocycles. The van der Waals surface area contributed by atoms with Crippen LogP contribution in [-0.2, 0) is 14.8 Å². The average molecular weight is 599 g/mol. The van der Waals surface area contributed by atoms with E-state index >= 15 is 0 Å². The lowest BCUT2D eigenvalue weighted by molar-refractivity contribution is 0.0950. The van der Waals surface area contributed by atoms with Crippen molar-refractivity contribution >= 4 is 38.5 Å². The van der Waals surface area contributed by atoms with Gasteiger partial charge in [-0.1, -0.05) is 29.3 Å². The molecule has 5 aromatic rings. The van der Waals surface area contributed by atoms with Gasteiger partial charge >= 0.3 is 0 Å². The van der Waals surface area contributed by atoms with Crippen LogP contribution < -0.4 is 14.2 Å². The van der Waals surface area contributed by atoms with E-state index in [0.717, 1.165) is 16.5 Å². The number of methoxy groups -OCH3 is 3. The number of H-pyrrole nitrogens is 1. The molecule has 3 aromatic heterocycles. The Balaban J connectivity index is 1.67. The molecule has 0 amide bonds. The van der Waals surface area contributed by atoms with E-state index in [0.29, 0.717) is 27.9 Å². The van der Waals surface area contributed by atoms with Crippen molar-refractivity contribution < 1.29 is 22.6 Å². The second-order valence-corrected chi connectivity index (χ2v) is 11.6. The van der Waals surface area contributed by atoms with E-state index in [2.05, 4.69) is 35.1 Å². The van der Waals surface area contributed by atoms with Crippen LogP contribution in [0.25, 0.3) is 28.1 Å². The molecule has 15 heteroatoms. The normalized spacial score (nSPS) is 13.2. The number of sulfonamides is 1. The van der Waals surface area contributed by atoms with Crippen molar-refractivity contribution in [1.29, 1.82) is 0 Å². The number of para-hydroxylation sites is 1. The molecule has 5 rings (SSSR count). The molecule has 2 N–H and O–H groups in total. The molecule has 0 aliphatic rings. The van der Waals surface area contributed by atoms with Crippen LogP contribution in [0.1, 0.15) is 24.4 Å². The first-order chi connectivity index (χ1) is 19.7. The quantitative estimate of drug-likeness (QED) is 0.240. The van der Waals surface area contributed by atoms with E-state index in [4.69, 9.17) is 25.8 Å². The summed E-state index contributed by atoms with van der Waals surface area (Å²) < 4.78 is 48.3. The molecule has 0 saturated carbocycles. The number of aryl methyl sites for hydroxylation is 1. The highest BCUT2D eigenvalue weighted by Crippen LogP contribution is 2.39. The zero-order valence-electron chi connectivity index (χ0n) is 22.8. The van der Waals surface area contributed by atoms with Crippen molar-refractivity contribution in [2.75, 3.05) is 26.1 Å². The van der Waals surface area contributed by atoms with Gasteiger partial charge in [-0.15, -0.1) is 10.2 Å². The van der Waals surface area contributed by atoms with Crippen LogP contribution in [0.15, 0.2) is 48.8 Å². The predicted molar refractivity (Wildman–Crippen MR) is 153 cm³/mol. The monoisotopic (exact) mass is 598 g/mol. The molecule has 0 unspecified atom stereocenters. The zero-order valence-corrected chi connectivity index (χ0v) is 24.4. The molecular formula is C26H27ClN8O5S. The first-order valence-electron chi connectivity index (χ1n) is 12.3. The van der Waals surface area contributed by atoms with Crippen LogP contribution >= 0.6 is 11.6 Å². The maximum atomic E-state index is 13.7. The van der Waals surface area contributed by atoms with Gasteiger partial charge in [0, 0.05) is 24.9 Å². The minimum atomic E-state index is -4.18.